The molecule has 1 N–H and O–H groups in total. The first-order valence-electron chi connectivity index (χ1n) is 6.40. The largest absolute Gasteiger partial charge is 0.486 e. The van der Waals surface area contributed by atoms with Gasteiger partial charge in [-0.2, -0.15) is 0 Å². The van der Waals surface area contributed by atoms with Gasteiger partial charge in [0, 0.05) is 5.02 Å². The van der Waals surface area contributed by atoms with Crippen molar-refractivity contribution in [2.75, 3.05) is 20.2 Å². The predicted molar refractivity (Wildman–Crippen MR) is 80.5 cm³/mol. The van der Waals surface area contributed by atoms with Gasteiger partial charge in [-0.1, -0.05) is 23.2 Å². The van der Waals surface area contributed by atoms with Crippen molar-refractivity contribution in [2.24, 2.45) is 0 Å². The zero-order chi connectivity index (χ0) is 14.3. The first-order chi connectivity index (χ1) is 9.02. The molecular weight excluding hydrogens is 285 g/mol. The van der Waals surface area contributed by atoms with Crippen molar-refractivity contribution in [2.45, 2.75) is 32.5 Å². The Morgan fingerprint density at radius 1 is 1.26 bits per heavy atom. The minimum atomic E-state index is -0.0338. The summed E-state index contributed by atoms with van der Waals surface area (Å²) >= 11 is 12.0. The van der Waals surface area contributed by atoms with Crippen molar-refractivity contribution >= 4 is 23.2 Å². The number of hydrogen-bond donors (Lipinski definition) is 1. The van der Waals surface area contributed by atoms with Gasteiger partial charge in [0.2, 0.25) is 0 Å². The van der Waals surface area contributed by atoms with Crippen molar-refractivity contribution < 1.29 is 9.47 Å². The number of ether oxygens (including phenoxy) is 2. The van der Waals surface area contributed by atoms with E-state index in [2.05, 4.69) is 5.32 Å². The molecule has 0 aliphatic rings. The quantitative estimate of drug-likeness (QED) is 0.793. The highest BCUT2D eigenvalue weighted by Crippen LogP contribution is 2.28. The summed E-state index contributed by atoms with van der Waals surface area (Å²) in [5, 5.41) is 4.23. The van der Waals surface area contributed by atoms with E-state index < -0.39 is 0 Å². The number of hydrogen-bond acceptors (Lipinski definition) is 3. The average molecular weight is 306 g/mol. The second-order valence-corrected chi connectivity index (χ2v) is 5.43. The molecule has 0 saturated carbocycles. The smallest absolute Gasteiger partial charge is 0.138 e. The highest BCUT2D eigenvalue weighted by Gasteiger charge is 2.13. The Bertz CT molecular complexity index is 386. The van der Waals surface area contributed by atoms with Crippen LogP contribution < -0.4 is 10.1 Å². The van der Waals surface area contributed by atoms with Crippen LogP contribution in [-0.4, -0.2) is 32.4 Å². The lowest BCUT2D eigenvalue weighted by atomic mass is 10.2. The molecule has 0 fully saturated rings. The third-order valence-corrected chi connectivity index (χ3v) is 3.05. The van der Waals surface area contributed by atoms with E-state index in [0.29, 0.717) is 22.4 Å². The highest BCUT2D eigenvalue weighted by molar-refractivity contribution is 6.35. The number of halogens is 2. The summed E-state index contributed by atoms with van der Waals surface area (Å²) in [6, 6.07) is 5.23. The van der Waals surface area contributed by atoms with Gasteiger partial charge >= 0.3 is 0 Å². The maximum absolute atomic E-state index is 6.10. The zero-order valence-corrected chi connectivity index (χ0v) is 13.1. The van der Waals surface area contributed by atoms with Gasteiger partial charge in [0.15, 0.2) is 0 Å². The molecule has 19 heavy (non-hydrogen) atoms. The number of rotatable bonds is 8. The summed E-state index contributed by atoms with van der Waals surface area (Å²) in [5.41, 5.74) is 0. The van der Waals surface area contributed by atoms with E-state index in [0.717, 1.165) is 13.0 Å². The molecule has 1 aromatic carbocycles. The third-order valence-electron chi connectivity index (χ3n) is 2.52. The molecule has 0 unspecified atom stereocenters. The lowest BCUT2D eigenvalue weighted by Crippen LogP contribution is -2.28. The molecule has 108 valence electrons. The molecule has 5 heteroatoms. The first-order valence-corrected chi connectivity index (χ1v) is 7.16. The van der Waals surface area contributed by atoms with E-state index in [1.165, 1.54) is 0 Å². The molecule has 3 nitrogen and oxygen atoms in total. The standard InChI is InChI=1S/C14H21Cl2NO2/c1-10(2)18-9-12(6-7-17-3)19-14-5-4-11(15)8-13(14)16/h4-5,8,10,12,17H,6-7,9H2,1-3H3/t12-/m1/s1. The summed E-state index contributed by atoms with van der Waals surface area (Å²) in [4.78, 5) is 0. The van der Waals surface area contributed by atoms with Gasteiger partial charge in [-0.05, 0) is 52.1 Å². The Morgan fingerprint density at radius 2 is 2.00 bits per heavy atom. The SMILES string of the molecule is CNCC[C@H](COC(C)C)Oc1ccc(Cl)cc1Cl. The van der Waals surface area contributed by atoms with Crippen LogP contribution in [0.4, 0.5) is 0 Å². The van der Waals surface area contributed by atoms with E-state index in [-0.39, 0.29) is 12.2 Å². The average Bonchev–Trinajstić information content (AvgIpc) is 2.35. The first kappa shape index (κ1) is 16.6. The van der Waals surface area contributed by atoms with Gasteiger partial charge in [-0.15, -0.1) is 0 Å². The molecule has 1 aromatic rings. The van der Waals surface area contributed by atoms with Crippen LogP contribution in [0.1, 0.15) is 20.3 Å². The van der Waals surface area contributed by atoms with E-state index in [1.54, 1.807) is 18.2 Å². The summed E-state index contributed by atoms with van der Waals surface area (Å²) in [6.07, 6.45) is 0.997. The summed E-state index contributed by atoms with van der Waals surface area (Å²) in [5.74, 6) is 0.638. The fraction of sp³-hybridized carbons (Fsp3) is 0.571. The van der Waals surface area contributed by atoms with Crippen LogP contribution in [0, 0.1) is 0 Å². The van der Waals surface area contributed by atoms with Crippen LogP contribution in [0.5, 0.6) is 5.75 Å². The zero-order valence-electron chi connectivity index (χ0n) is 11.6. The Kier molecular flexibility index (Phi) is 7.54. The Labute approximate surface area is 125 Å². The Hall–Kier alpha value is -0.480. The van der Waals surface area contributed by atoms with Gasteiger partial charge in [-0.25, -0.2) is 0 Å². The summed E-state index contributed by atoms with van der Waals surface area (Å²) < 4.78 is 11.5. The maximum Gasteiger partial charge on any atom is 0.138 e. The molecule has 0 aliphatic carbocycles. The fourth-order valence-electron chi connectivity index (χ4n) is 1.53. The van der Waals surface area contributed by atoms with Gasteiger partial charge < -0.3 is 14.8 Å². The molecule has 0 bridgehead atoms. The van der Waals surface area contributed by atoms with Crippen LogP contribution in [0.15, 0.2) is 18.2 Å². The summed E-state index contributed by atoms with van der Waals surface area (Å²) in [6.45, 7) is 5.41. The van der Waals surface area contributed by atoms with Gasteiger partial charge in [0.25, 0.3) is 0 Å². The molecule has 0 spiro atoms. The molecule has 0 aliphatic heterocycles. The van der Waals surface area contributed by atoms with Crippen LogP contribution in [0.3, 0.4) is 0 Å². The van der Waals surface area contributed by atoms with Crippen molar-refractivity contribution in [3.8, 4) is 5.75 Å². The van der Waals surface area contributed by atoms with Crippen molar-refractivity contribution in [1.82, 2.24) is 5.32 Å². The van der Waals surface area contributed by atoms with Crippen LogP contribution >= 0.6 is 23.2 Å². The topological polar surface area (TPSA) is 30.5 Å². The van der Waals surface area contributed by atoms with E-state index >= 15 is 0 Å². The minimum absolute atomic E-state index is 0.0338. The van der Waals surface area contributed by atoms with Gasteiger partial charge in [0.05, 0.1) is 17.7 Å². The second kappa shape index (κ2) is 8.64. The van der Waals surface area contributed by atoms with Gasteiger partial charge in [-0.3, -0.25) is 0 Å². The van der Waals surface area contributed by atoms with Crippen molar-refractivity contribution in [3.05, 3.63) is 28.2 Å². The van der Waals surface area contributed by atoms with Crippen LogP contribution in [-0.2, 0) is 4.74 Å². The van der Waals surface area contributed by atoms with Crippen molar-refractivity contribution in [3.63, 3.8) is 0 Å². The molecule has 0 saturated heterocycles. The molecule has 0 aromatic heterocycles. The minimum Gasteiger partial charge on any atom is -0.486 e. The maximum atomic E-state index is 6.10. The lowest BCUT2D eigenvalue weighted by molar-refractivity contribution is 0.0137. The third kappa shape index (κ3) is 6.48. The molecular formula is C14H21Cl2NO2. The second-order valence-electron chi connectivity index (χ2n) is 4.59. The number of benzene rings is 1. The Morgan fingerprint density at radius 3 is 2.58 bits per heavy atom. The lowest BCUT2D eigenvalue weighted by Gasteiger charge is -2.21. The monoisotopic (exact) mass is 305 g/mol. The van der Waals surface area contributed by atoms with Gasteiger partial charge in [0.1, 0.15) is 11.9 Å². The summed E-state index contributed by atoms with van der Waals surface area (Å²) in [7, 11) is 1.91. The van der Waals surface area contributed by atoms with Crippen LogP contribution in [0.2, 0.25) is 10.0 Å². The fourth-order valence-corrected chi connectivity index (χ4v) is 1.98. The molecule has 1 rings (SSSR count). The highest BCUT2D eigenvalue weighted by atomic mass is 35.5. The molecule has 0 amide bonds. The predicted octanol–water partition coefficient (Wildman–Crippen LogP) is 3.78. The van der Waals surface area contributed by atoms with Crippen LogP contribution in [0.25, 0.3) is 0 Å². The Balaban J connectivity index is 2.63. The van der Waals surface area contributed by atoms with E-state index in [9.17, 15) is 0 Å². The van der Waals surface area contributed by atoms with Crippen molar-refractivity contribution in [1.29, 1.82) is 0 Å². The molecule has 1 atom stereocenters. The number of nitrogens with one attached hydrogen (secondary N) is 1. The van der Waals surface area contributed by atoms with E-state index in [1.807, 2.05) is 20.9 Å². The normalized spacial score (nSPS) is 12.7. The molecule has 0 radical (unpaired) electrons. The molecule has 0 heterocycles. The van der Waals surface area contributed by atoms with E-state index in [4.69, 9.17) is 32.7 Å².